The summed E-state index contributed by atoms with van der Waals surface area (Å²) in [6, 6.07) is 4.37. The third-order valence-corrected chi connectivity index (χ3v) is 3.40. The molecule has 1 aliphatic heterocycles. The lowest BCUT2D eigenvalue weighted by atomic mass is 10.1. The summed E-state index contributed by atoms with van der Waals surface area (Å²) in [6.45, 7) is 2.80. The zero-order valence-electron chi connectivity index (χ0n) is 11.0. The third-order valence-electron chi connectivity index (χ3n) is 3.40. The van der Waals surface area contributed by atoms with Crippen LogP contribution in [0.1, 0.15) is 31.5 Å². The highest BCUT2D eigenvalue weighted by atomic mass is 16.2. The number of aryl methyl sites for hydroxylation is 1. The summed E-state index contributed by atoms with van der Waals surface area (Å²) in [6.07, 6.45) is 11.4. The first-order valence-corrected chi connectivity index (χ1v) is 6.45. The van der Waals surface area contributed by atoms with Gasteiger partial charge in [0.2, 0.25) is 5.91 Å². The van der Waals surface area contributed by atoms with Crippen LogP contribution in [-0.4, -0.2) is 21.9 Å². The van der Waals surface area contributed by atoms with Crippen LogP contribution in [0.15, 0.2) is 42.6 Å². The summed E-state index contributed by atoms with van der Waals surface area (Å²) in [5.74, 6) is 0.108. The SMILES string of the molecule is C/C=C/C=C/C(=O)N1CCC[C@@H]1c1cccn1C. The second-order valence-corrected chi connectivity index (χ2v) is 4.62. The zero-order valence-corrected chi connectivity index (χ0v) is 11.0. The Kier molecular flexibility index (Phi) is 4.03. The van der Waals surface area contributed by atoms with Crippen LogP contribution in [0.3, 0.4) is 0 Å². The molecule has 3 heteroatoms. The molecule has 0 radical (unpaired) electrons. The van der Waals surface area contributed by atoms with Crippen LogP contribution in [0.25, 0.3) is 0 Å². The van der Waals surface area contributed by atoms with Gasteiger partial charge < -0.3 is 9.47 Å². The fraction of sp³-hybridized carbons (Fsp3) is 0.400. The molecule has 1 aliphatic rings. The van der Waals surface area contributed by atoms with Crippen molar-refractivity contribution in [2.45, 2.75) is 25.8 Å². The average Bonchev–Trinajstić information content (AvgIpc) is 2.97. The van der Waals surface area contributed by atoms with Gasteiger partial charge in [0.25, 0.3) is 0 Å². The Hall–Kier alpha value is -1.77. The number of rotatable bonds is 3. The van der Waals surface area contributed by atoms with E-state index in [0.717, 1.165) is 19.4 Å². The number of allylic oxidation sites excluding steroid dienone is 3. The molecule has 2 heterocycles. The van der Waals surface area contributed by atoms with Crippen LogP contribution in [0, 0.1) is 0 Å². The molecule has 1 aromatic heterocycles. The highest BCUT2D eigenvalue weighted by molar-refractivity contribution is 5.88. The van der Waals surface area contributed by atoms with Gasteiger partial charge >= 0.3 is 0 Å². The van der Waals surface area contributed by atoms with E-state index in [1.54, 1.807) is 6.08 Å². The number of carbonyl (C=O) groups excluding carboxylic acids is 1. The molecule has 0 bridgehead atoms. The van der Waals surface area contributed by atoms with Crippen molar-refractivity contribution in [1.82, 2.24) is 9.47 Å². The van der Waals surface area contributed by atoms with Crippen molar-refractivity contribution in [2.24, 2.45) is 7.05 Å². The number of hydrogen-bond acceptors (Lipinski definition) is 1. The van der Waals surface area contributed by atoms with Gasteiger partial charge in [0.15, 0.2) is 0 Å². The van der Waals surface area contributed by atoms with Crippen LogP contribution in [-0.2, 0) is 11.8 Å². The fourth-order valence-electron chi connectivity index (χ4n) is 2.50. The number of likely N-dealkylation sites (tertiary alicyclic amines) is 1. The Morgan fingerprint density at radius 2 is 2.28 bits per heavy atom. The number of hydrogen-bond donors (Lipinski definition) is 0. The molecule has 1 fully saturated rings. The van der Waals surface area contributed by atoms with Crippen LogP contribution in [0.2, 0.25) is 0 Å². The molecule has 2 rings (SSSR count). The van der Waals surface area contributed by atoms with Gasteiger partial charge in [-0.3, -0.25) is 4.79 Å². The predicted octanol–water partition coefficient (Wildman–Crippen LogP) is 2.82. The molecule has 96 valence electrons. The van der Waals surface area contributed by atoms with Gasteiger partial charge in [-0.25, -0.2) is 0 Å². The predicted molar refractivity (Wildman–Crippen MR) is 73.1 cm³/mol. The number of amides is 1. The molecule has 0 spiro atoms. The van der Waals surface area contributed by atoms with Crippen molar-refractivity contribution in [2.75, 3.05) is 6.54 Å². The molecule has 3 nitrogen and oxygen atoms in total. The van der Waals surface area contributed by atoms with E-state index < -0.39 is 0 Å². The maximum Gasteiger partial charge on any atom is 0.247 e. The average molecular weight is 244 g/mol. The van der Waals surface area contributed by atoms with Gasteiger partial charge in [0.1, 0.15) is 0 Å². The van der Waals surface area contributed by atoms with E-state index >= 15 is 0 Å². The molecule has 18 heavy (non-hydrogen) atoms. The highest BCUT2D eigenvalue weighted by Crippen LogP contribution is 2.31. The summed E-state index contributed by atoms with van der Waals surface area (Å²) in [5, 5.41) is 0. The minimum atomic E-state index is 0.108. The molecule has 1 atom stereocenters. The lowest BCUT2D eigenvalue weighted by Gasteiger charge is -2.24. The molecule has 1 saturated heterocycles. The second kappa shape index (κ2) is 5.71. The van der Waals surface area contributed by atoms with E-state index in [4.69, 9.17) is 0 Å². The van der Waals surface area contributed by atoms with Gasteiger partial charge in [-0.05, 0) is 31.9 Å². The van der Waals surface area contributed by atoms with Crippen LogP contribution < -0.4 is 0 Å². The van der Waals surface area contributed by atoms with Crippen molar-refractivity contribution in [3.05, 3.63) is 48.3 Å². The minimum Gasteiger partial charge on any atom is -0.353 e. The topological polar surface area (TPSA) is 25.2 Å². The molecular formula is C15H20N2O. The third kappa shape index (κ3) is 2.55. The standard InChI is InChI=1S/C15H20N2O/c1-3-4-5-10-15(18)17-12-7-9-14(17)13-8-6-11-16(13)2/h3-6,8,10-11,14H,7,9,12H2,1-2H3/b4-3+,10-5+/t14-/m1/s1. The van der Waals surface area contributed by atoms with Gasteiger partial charge in [-0.1, -0.05) is 18.2 Å². The van der Waals surface area contributed by atoms with E-state index in [-0.39, 0.29) is 11.9 Å². The van der Waals surface area contributed by atoms with E-state index in [1.165, 1.54) is 5.69 Å². The first kappa shape index (κ1) is 12.7. The Balaban J connectivity index is 2.13. The largest absolute Gasteiger partial charge is 0.353 e. The zero-order chi connectivity index (χ0) is 13.0. The molecule has 1 aromatic rings. The second-order valence-electron chi connectivity index (χ2n) is 4.62. The van der Waals surface area contributed by atoms with Gasteiger partial charge in [-0.2, -0.15) is 0 Å². The quantitative estimate of drug-likeness (QED) is 0.593. The number of nitrogens with zero attached hydrogens (tertiary/aromatic N) is 2. The van der Waals surface area contributed by atoms with Crippen molar-refractivity contribution < 1.29 is 4.79 Å². The Morgan fingerprint density at radius 1 is 1.44 bits per heavy atom. The maximum atomic E-state index is 12.1. The summed E-state index contributed by atoms with van der Waals surface area (Å²) >= 11 is 0. The number of carbonyl (C=O) groups is 1. The Labute approximate surface area is 108 Å². The Morgan fingerprint density at radius 3 is 2.94 bits per heavy atom. The Bertz CT molecular complexity index is 471. The summed E-state index contributed by atoms with van der Waals surface area (Å²) < 4.78 is 2.10. The van der Waals surface area contributed by atoms with E-state index in [1.807, 2.05) is 49.4 Å². The summed E-state index contributed by atoms with van der Waals surface area (Å²) in [7, 11) is 2.03. The lowest BCUT2D eigenvalue weighted by Crippen LogP contribution is -2.29. The lowest BCUT2D eigenvalue weighted by molar-refractivity contribution is -0.127. The monoisotopic (exact) mass is 244 g/mol. The molecule has 0 aromatic carbocycles. The van der Waals surface area contributed by atoms with E-state index in [0.29, 0.717) is 0 Å². The van der Waals surface area contributed by atoms with Crippen LogP contribution >= 0.6 is 0 Å². The fourth-order valence-corrected chi connectivity index (χ4v) is 2.50. The first-order chi connectivity index (χ1) is 8.74. The highest BCUT2D eigenvalue weighted by Gasteiger charge is 2.29. The first-order valence-electron chi connectivity index (χ1n) is 6.45. The van der Waals surface area contributed by atoms with Crippen LogP contribution in [0.5, 0.6) is 0 Å². The van der Waals surface area contributed by atoms with Crippen molar-refractivity contribution in [3.8, 4) is 0 Å². The summed E-state index contributed by atoms with van der Waals surface area (Å²) in [4.78, 5) is 14.1. The smallest absolute Gasteiger partial charge is 0.247 e. The normalized spacial score (nSPS) is 20.3. The van der Waals surface area contributed by atoms with Gasteiger partial charge in [0.05, 0.1) is 6.04 Å². The molecule has 1 amide bonds. The molecular weight excluding hydrogens is 224 g/mol. The van der Waals surface area contributed by atoms with Crippen molar-refractivity contribution in [1.29, 1.82) is 0 Å². The maximum absolute atomic E-state index is 12.1. The molecule has 0 unspecified atom stereocenters. The van der Waals surface area contributed by atoms with Gasteiger partial charge in [0, 0.05) is 31.6 Å². The van der Waals surface area contributed by atoms with Crippen molar-refractivity contribution >= 4 is 5.91 Å². The summed E-state index contributed by atoms with van der Waals surface area (Å²) in [5.41, 5.74) is 1.22. The minimum absolute atomic E-state index is 0.108. The van der Waals surface area contributed by atoms with Crippen LogP contribution in [0.4, 0.5) is 0 Å². The molecule has 0 aliphatic carbocycles. The molecule has 0 N–H and O–H groups in total. The van der Waals surface area contributed by atoms with E-state index in [2.05, 4.69) is 10.6 Å². The number of aromatic nitrogens is 1. The van der Waals surface area contributed by atoms with E-state index in [9.17, 15) is 4.79 Å². The van der Waals surface area contributed by atoms with Crippen molar-refractivity contribution in [3.63, 3.8) is 0 Å². The molecule has 0 saturated carbocycles. The van der Waals surface area contributed by atoms with Gasteiger partial charge in [-0.15, -0.1) is 0 Å².